The van der Waals surface area contributed by atoms with Gasteiger partial charge in [-0.05, 0) is 24.5 Å². The van der Waals surface area contributed by atoms with Gasteiger partial charge in [0.05, 0.1) is 0 Å². The summed E-state index contributed by atoms with van der Waals surface area (Å²) in [6.45, 7) is 6.45. The van der Waals surface area contributed by atoms with Gasteiger partial charge in [0, 0.05) is 29.0 Å². The smallest absolute Gasteiger partial charge is 0.123 e. The lowest BCUT2D eigenvalue weighted by atomic mass is 10.2. The largest absolute Gasteiger partial charge is 0.264 e. The lowest BCUT2D eigenvalue weighted by Gasteiger charge is -2.00. The highest BCUT2D eigenvalue weighted by Crippen LogP contribution is 2.30. The minimum absolute atomic E-state index is 0.554. The van der Waals surface area contributed by atoms with Gasteiger partial charge in [0.2, 0.25) is 0 Å². The van der Waals surface area contributed by atoms with E-state index in [2.05, 4.69) is 30.7 Å². The summed E-state index contributed by atoms with van der Waals surface area (Å²) in [6.07, 6.45) is 5.68. The SMILES string of the molecule is Cc1cnccc1-c1ncc(C(C)C)s1. The van der Waals surface area contributed by atoms with E-state index in [-0.39, 0.29) is 0 Å². The molecule has 0 amide bonds. The zero-order valence-corrected chi connectivity index (χ0v) is 10.0. The van der Waals surface area contributed by atoms with Crippen molar-refractivity contribution in [2.75, 3.05) is 0 Å². The van der Waals surface area contributed by atoms with Crippen molar-refractivity contribution in [1.82, 2.24) is 9.97 Å². The van der Waals surface area contributed by atoms with E-state index in [0.717, 1.165) is 5.01 Å². The fourth-order valence-corrected chi connectivity index (χ4v) is 2.40. The molecular weight excluding hydrogens is 204 g/mol. The molecule has 0 fully saturated rings. The van der Waals surface area contributed by atoms with Crippen LogP contribution in [-0.4, -0.2) is 9.97 Å². The first-order valence-electron chi connectivity index (χ1n) is 5.05. The molecule has 0 radical (unpaired) electrons. The summed E-state index contributed by atoms with van der Waals surface area (Å²) >= 11 is 1.77. The first kappa shape index (κ1) is 10.3. The molecule has 2 aromatic heterocycles. The van der Waals surface area contributed by atoms with Gasteiger partial charge in [-0.3, -0.25) is 4.98 Å². The van der Waals surface area contributed by atoms with E-state index < -0.39 is 0 Å². The van der Waals surface area contributed by atoms with Gasteiger partial charge in [0.15, 0.2) is 0 Å². The van der Waals surface area contributed by atoms with Crippen molar-refractivity contribution in [3.05, 3.63) is 35.1 Å². The summed E-state index contributed by atoms with van der Waals surface area (Å²) in [6, 6.07) is 2.03. The molecule has 2 aromatic rings. The minimum Gasteiger partial charge on any atom is -0.264 e. The van der Waals surface area contributed by atoms with Crippen LogP contribution in [0.5, 0.6) is 0 Å². The molecule has 0 aliphatic carbocycles. The van der Waals surface area contributed by atoms with E-state index in [0.29, 0.717) is 5.92 Å². The van der Waals surface area contributed by atoms with Crippen LogP contribution in [0.3, 0.4) is 0 Å². The molecule has 0 atom stereocenters. The van der Waals surface area contributed by atoms with E-state index in [1.165, 1.54) is 16.0 Å². The number of thiazole rings is 1. The summed E-state index contributed by atoms with van der Waals surface area (Å²) in [7, 11) is 0. The second kappa shape index (κ2) is 4.11. The van der Waals surface area contributed by atoms with Gasteiger partial charge in [-0.1, -0.05) is 13.8 Å². The topological polar surface area (TPSA) is 25.8 Å². The van der Waals surface area contributed by atoms with Crippen LogP contribution in [0, 0.1) is 6.92 Å². The fourth-order valence-electron chi connectivity index (χ4n) is 1.39. The molecule has 0 aliphatic rings. The molecule has 0 aromatic carbocycles. The molecule has 0 saturated carbocycles. The third-order valence-corrected chi connectivity index (χ3v) is 3.67. The molecule has 0 unspecified atom stereocenters. The number of nitrogens with zero attached hydrogens (tertiary/aromatic N) is 2. The number of rotatable bonds is 2. The first-order valence-corrected chi connectivity index (χ1v) is 5.87. The molecule has 15 heavy (non-hydrogen) atoms. The number of aromatic nitrogens is 2. The highest BCUT2D eigenvalue weighted by molar-refractivity contribution is 7.15. The molecule has 0 N–H and O–H groups in total. The Balaban J connectivity index is 2.42. The maximum absolute atomic E-state index is 4.46. The molecule has 0 saturated heterocycles. The summed E-state index contributed by atoms with van der Waals surface area (Å²) in [5, 5.41) is 1.10. The predicted molar refractivity (Wildman–Crippen MR) is 64.2 cm³/mol. The van der Waals surface area contributed by atoms with Crippen molar-refractivity contribution in [2.45, 2.75) is 26.7 Å². The standard InChI is InChI=1S/C12H14N2S/c1-8(2)11-7-14-12(15-11)10-4-5-13-6-9(10)3/h4-8H,1-3H3. The molecule has 2 rings (SSSR count). The van der Waals surface area contributed by atoms with E-state index in [9.17, 15) is 0 Å². The predicted octanol–water partition coefficient (Wildman–Crippen LogP) is 3.64. The first-order chi connectivity index (χ1) is 7.18. The summed E-state index contributed by atoms with van der Waals surface area (Å²) in [4.78, 5) is 9.88. The van der Waals surface area contributed by atoms with Crippen molar-refractivity contribution < 1.29 is 0 Å². The molecule has 2 heterocycles. The summed E-state index contributed by atoms with van der Waals surface area (Å²) < 4.78 is 0. The Morgan fingerprint density at radius 1 is 1.27 bits per heavy atom. The van der Waals surface area contributed by atoms with Gasteiger partial charge in [-0.25, -0.2) is 4.98 Å². The highest BCUT2D eigenvalue weighted by atomic mass is 32.1. The Morgan fingerprint density at radius 2 is 2.07 bits per heavy atom. The Morgan fingerprint density at radius 3 is 2.67 bits per heavy atom. The van der Waals surface area contributed by atoms with Gasteiger partial charge >= 0.3 is 0 Å². The zero-order valence-electron chi connectivity index (χ0n) is 9.19. The maximum Gasteiger partial charge on any atom is 0.123 e. The van der Waals surface area contributed by atoms with Crippen molar-refractivity contribution in [3.8, 4) is 10.6 Å². The third-order valence-electron chi connectivity index (χ3n) is 2.34. The van der Waals surface area contributed by atoms with Crippen molar-refractivity contribution >= 4 is 11.3 Å². The molecule has 3 heteroatoms. The van der Waals surface area contributed by atoms with Gasteiger partial charge in [-0.15, -0.1) is 11.3 Å². The summed E-state index contributed by atoms with van der Waals surface area (Å²) in [5.74, 6) is 0.554. The molecule has 2 nitrogen and oxygen atoms in total. The van der Waals surface area contributed by atoms with Crippen molar-refractivity contribution in [1.29, 1.82) is 0 Å². The Hall–Kier alpha value is -1.22. The monoisotopic (exact) mass is 218 g/mol. The van der Waals surface area contributed by atoms with Crippen LogP contribution >= 0.6 is 11.3 Å². The van der Waals surface area contributed by atoms with E-state index in [1.807, 2.05) is 24.7 Å². The van der Waals surface area contributed by atoms with Crippen molar-refractivity contribution in [3.63, 3.8) is 0 Å². The number of hydrogen-bond donors (Lipinski definition) is 0. The number of hydrogen-bond acceptors (Lipinski definition) is 3. The van der Waals surface area contributed by atoms with Crippen LogP contribution in [0.1, 0.15) is 30.2 Å². The van der Waals surface area contributed by atoms with Crippen LogP contribution in [0.4, 0.5) is 0 Å². The highest BCUT2D eigenvalue weighted by Gasteiger charge is 2.08. The average Bonchev–Trinajstić information content (AvgIpc) is 2.67. The van der Waals surface area contributed by atoms with Gasteiger partial charge < -0.3 is 0 Å². The Labute approximate surface area is 94.0 Å². The zero-order chi connectivity index (χ0) is 10.8. The van der Waals surface area contributed by atoms with Crippen LogP contribution in [0.2, 0.25) is 0 Å². The quantitative estimate of drug-likeness (QED) is 0.769. The second-order valence-electron chi connectivity index (χ2n) is 3.91. The lowest BCUT2D eigenvalue weighted by molar-refractivity contribution is 0.885. The van der Waals surface area contributed by atoms with E-state index in [1.54, 1.807) is 11.3 Å². The maximum atomic E-state index is 4.46. The molecular formula is C12H14N2S. The molecule has 0 aliphatic heterocycles. The normalized spacial score (nSPS) is 10.9. The van der Waals surface area contributed by atoms with Gasteiger partial charge in [-0.2, -0.15) is 0 Å². The Kier molecular flexibility index (Phi) is 2.82. The second-order valence-corrected chi connectivity index (χ2v) is 4.98. The lowest BCUT2D eigenvalue weighted by Crippen LogP contribution is -1.82. The molecule has 78 valence electrons. The van der Waals surface area contributed by atoms with Crippen molar-refractivity contribution in [2.24, 2.45) is 0 Å². The Bertz CT molecular complexity index is 460. The van der Waals surface area contributed by atoms with Crippen LogP contribution in [0.15, 0.2) is 24.7 Å². The molecule has 0 bridgehead atoms. The van der Waals surface area contributed by atoms with Crippen LogP contribution in [0.25, 0.3) is 10.6 Å². The van der Waals surface area contributed by atoms with Gasteiger partial charge in [0.1, 0.15) is 5.01 Å². The van der Waals surface area contributed by atoms with Gasteiger partial charge in [0.25, 0.3) is 0 Å². The fraction of sp³-hybridized carbons (Fsp3) is 0.333. The summed E-state index contributed by atoms with van der Waals surface area (Å²) in [5.41, 5.74) is 2.38. The minimum atomic E-state index is 0.554. The average molecular weight is 218 g/mol. The van der Waals surface area contributed by atoms with Crippen LogP contribution in [-0.2, 0) is 0 Å². The third kappa shape index (κ3) is 2.07. The van der Waals surface area contributed by atoms with E-state index >= 15 is 0 Å². The number of pyridine rings is 1. The van der Waals surface area contributed by atoms with E-state index in [4.69, 9.17) is 0 Å². The number of aryl methyl sites for hydroxylation is 1. The molecule has 0 spiro atoms. The van der Waals surface area contributed by atoms with Crippen LogP contribution < -0.4 is 0 Å².